The van der Waals surface area contributed by atoms with Gasteiger partial charge in [0.1, 0.15) is 0 Å². The highest BCUT2D eigenvalue weighted by Crippen LogP contribution is 2.21. The zero-order valence-electron chi connectivity index (χ0n) is 10.5. The van der Waals surface area contributed by atoms with Gasteiger partial charge < -0.3 is 15.2 Å². The molecule has 0 aliphatic heterocycles. The summed E-state index contributed by atoms with van der Waals surface area (Å²) in [4.78, 5) is 23.4. The predicted molar refractivity (Wildman–Crippen MR) is 66.9 cm³/mol. The summed E-state index contributed by atoms with van der Waals surface area (Å²) < 4.78 is 9.91. The number of nitrogen functional groups attached to an aromatic ring is 1. The van der Waals surface area contributed by atoms with Crippen molar-refractivity contribution in [3.63, 3.8) is 0 Å². The van der Waals surface area contributed by atoms with Gasteiger partial charge in [-0.25, -0.2) is 0 Å². The zero-order chi connectivity index (χ0) is 13.5. The summed E-state index contributed by atoms with van der Waals surface area (Å²) in [5.41, 5.74) is 6.00. The number of nitrogens with two attached hydrogens (primary N) is 1. The maximum absolute atomic E-state index is 11.8. The van der Waals surface area contributed by atoms with Crippen molar-refractivity contribution in [1.29, 1.82) is 0 Å². The van der Waals surface area contributed by atoms with E-state index in [0.717, 1.165) is 0 Å². The fraction of sp³-hybridized carbons (Fsp3) is 0.385. The highest BCUT2D eigenvalue weighted by Gasteiger charge is 2.28. The molecule has 0 heterocycles. The quantitative estimate of drug-likeness (QED) is 0.373. The Morgan fingerprint density at radius 1 is 1.22 bits per heavy atom. The molecule has 0 saturated heterocycles. The number of anilines is 1. The molecule has 0 fully saturated rings. The molecule has 18 heavy (non-hydrogen) atoms. The number of para-hydroxylation sites is 2. The van der Waals surface area contributed by atoms with E-state index in [4.69, 9.17) is 15.2 Å². The first-order chi connectivity index (χ1) is 8.60. The number of carbonyl (C=O) groups is 2. The first kappa shape index (κ1) is 14.0. The van der Waals surface area contributed by atoms with Crippen molar-refractivity contribution < 1.29 is 19.1 Å². The molecule has 0 aromatic heterocycles. The van der Waals surface area contributed by atoms with Crippen LogP contribution in [0.5, 0.6) is 5.75 Å². The van der Waals surface area contributed by atoms with Gasteiger partial charge >= 0.3 is 11.9 Å². The Morgan fingerprint density at radius 2 is 1.89 bits per heavy atom. The van der Waals surface area contributed by atoms with E-state index in [-0.39, 0.29) is 12.4 Å². The van der Waals surface area contributed by atoms with E-state index < -0.39 is 17.9 Å². The lowest BCUT2D eigenvalue weighted by atomic mass is 10.1. The van der Waals surface area contributed by atoms with Crippen molar-refractivity contribution in [1.82, 2.24) is 0 Å². The fourth-order valence-corrected chi connectivity index (χ4v) is 1.43. The maximum Gasteiger partial charge on any atom is 0.325 e. The van der Waals surface area contributed by atoms with Crippen molar-refractivity contribution >= 4 is 17.6 Å². The van der Waals surface area contributed by atoms with Gasteiger partial charge in [0, 0.05) is 0 Å². The van der Waals surface area contributed by atoms with Crippen LogP contribution in [0.2, 0.25) is 0 Å². The molecule has 1 aromatic carbocycles. The van der Waals surface area contributed by atoms with Crippen LogP contribution in [0.4, 0.5) is 5.69 Å². The monoisotopic (exact) mass is 251 g/mol. The molecule has 5 heteroatoms. The minimum Gasteiger partial charge on any atom is -0.465 e. The van der Waals surface area contributed by atoms with Gasteiger partial charge in [-0.1, -0.05) is 19.1 Å². The Balaban J connectivity index is 2.74. The van der Waals surface area contributed by atoms with E-state index in [1.165, 1.54) is 0 Å². The summed E-state index contributed by atoms with van der Waals surface area (Å²) in [6.07, 6.45) is 0.324. The average molecular weight is 251 g/mol. The van der Waals surface area contributed by atoms with Gasteiger partial charge in [-0.05, 0) is 25.5 Å². The van der Waals surface area contributed by atoms with Gasteiger partial charge in [-0.15, -0.1) is 0 Å². The Bertz CT molecular complexity index is 431. The molecule has 0 radical (unpaired) electrons. The predicted octanol–water partition coefficient (Wildman–Crippen LogP) is 1.76. The second kappa shape index (κ2) is 6.64. The molecule has 0 aliphatic carbocycles. The molecule has 98 valence electrons. The van der Waals surface area contributed by atoms with E-state index >= 15 is 0 Å². The molecular formula is C13H17NO4. The van der Waals surface area contributed by atoms with Crippen LogP contribution in [-0.2, 0) is 14.3 Å². The number of carbonyl (C=O) groups excluding carboxylic acids is 2. The Hall–Kier alpha value is -2.04. The number of hydrogen-bond acceptors (Lipinski definition) is 5. The zero-order valence-corrected chi connectivity index (χ0v) is 10.5. The Morgan fingerprint density at radius 3 is 2.44 bits per heavy atom. The maximum atomic E-state index is 11.8. The normalized spacial score (nSPS) is 11.7. The van der Waals surface area contributed by atoms with E-state index in [0.29, 0.717) is 12.1 Å². The molecular weight excluding hydrogens is 234 g/mol. The fourth-order valence-electron chi connectivity index (χ4n) is 1.43. The average Bonchev–Trinajstić information content (AvgIpc) is 2.33. The molecule has 1 atom stereocenters. The van der Waals surface area contributed by atoms with Crippen molar-refractivity contribution in [3.8, 4) is 5.75 Å². The third kappa shape index (κ3) is 3.48. The van der Waals surface area contributed by atoms with Crippen LogP contribution in [0, 0.1) is 5.92 Å². The Labute approximate surface area is 106 Å². The first-order valence-electron chi connectivity index (χ1n) is 5.83. The molecule has 5 nitrogen and oxygen atoms in total. The lowest BCUT2D eigenvalue weighted by molar-refractivity contribution is -0.157. The summed E-state index contributed by atoms with van der Waals surface area (Å²) >= 11 is 0. The van der Waals surface area contributed by atoms with Crippen LogP contribution in [0.1, 0.15) is 20.3 Å². The van der Waals surface area contributed by atoms with Crippen LogP contribution < -0.4 is 10.5 Å². The second-order valence-electron chi connectivity index (χ2n) is 3.67. The lowest BCUT2D eigenvalue weighted by Gasteiger charge is -2.13. The molecule has 2 N–H and O–H groups in total. The molecule has 0 spiro atoms. The summed E-state index contributed by atoms with van der Waals surface area (Å²) in [5, 5.41) is 0. The van der Waals surface area contributed by atoms with Gasteiger partial charge in [0.25, 0.3) is 0 Å². The summed E-state index contributed by atoms with van der Waals surface area (Å²) in [6.45, 7) is 3.64. The number of ether oxygens (including phenoxy) is 2. The second-order valence-corrected chi connectivity index (χ2v) is 3.67. The molecule has 0 saturated carbocycles. The van der Waals surface area contributed by atoms with Crippen LogP contribution in [0.3, 0.4) is 0 Å². The van der Waals surface area contributed by atoms with Crippen molar-refractivity contribution in [2.45, 2.75) is 20.3 Å². The third-order valence-corrected chi connectivity index (χ3v) is 2.39. The summed E-state index contributed by atoms with van der Waals surface area (Å²) in [5.74, 6) is -1.87. The van der Waals surface area contributed by atoms with Crippen molar-refractivity contribution in [2.75, 3.05) is 12.3 Å². The largest absolute Gasteiger partial charge is 0.465 e. The summed E-state index contributed by atoms with van der Waals surface area (Å²) in [7, 11) is 0. The van der Waals surface area contributed by atoms with Crippen LogP contribution in [0.15, 0.2) is 24.3 Å². The van der Waals surface area contributed by atoms with Crippen molar-refractivity contribution in [3.05, 3.63) is 24.3 Å². The highest BCUT2D eigenvalue weighted by atomic mass is 16.6. The number of rotatable bonds is 5. The number of benzene rings is 1. The van der Waals surface area contributed by atoms with Crippen LogP contribution >= 0.6 is 0 Å². The highest BCUT2D eigenvalue weighted by molar-refractivity contribution is 5.96. The molecule has 1 aromatic rings. The molecule has 0 amide bonds. The smallest absolute Gasteiger partial charge is 0.325 e. The topological polar surface area (TPSA) is 78.6 Å². The Kier molecular flexibility index (Phi) is 5.17. The van der Waals surface area contributed by atoms with Gasteiger partial charge in [-0.2, -0.15) is 0 Å². The molecule has 1 unspecified atom stereocenters. The SMILES string of the molecule is CCOC(=O)C(CC)C(=O)Oc1ccccc1N. The minimum absolute atomic E-state index is 0.232. The molecule has 0 aliphatic rings. The van der Waals surface area contributed by atoms with Gasteiger partial charge in [0.05, 0.1) is 12.3 Å². The van der Waals surface area contributed by atoms with E-state index in [1.54, 1.807) is 38.1 Å². The minimum atomic E-state index is -0.912. The van der Waals surface area contributed by atoms with Gasteiger partial charge in [0.15, 0.2) is 11.7 Å². The van der Waals surface area contributed by atoms with Crippen LogP contribution in [-0.4, -0.2) is 18.5 Å². The van der Waals surface area contributed by atoms with Crippen molar-refractivity contribution in [2.24, 2.45) is 5.92 Å². The van der Waals surface area contributed by atoms with Gasteiger partial charge in [-0.3, -0.25) is 9.59 Å². The lowest BCUT2D eigenvalue weighted by Crippen LogP contribution is -2.29. The number of esters is 2. The standard InChI is InChI=1S/C13H17NO4/c1-3-9(12(15)17-4-2)13(16)18-11-8-6-5-7-10(11)14/h5-9H,3-4,14H2,1-2H3. The van der Waals surface area contributed by atoms with Gasteiger partial charge in [0.2, 0.25) is 0 Å². The van der Waals surface area contributed by atoms with E-state index in [1.807, 2.05) is 0 Å². The first-order valence-corrected chi connectivity index (χ1v) is 5.83. The molecule has 0 bridgehead atoms. The van der Waals surface area contributed by atoms with E-state index in [2.05, 4.69) is 0 Å². The molecule has 1 rings (SSSR count). The number of hydrogen-bond donors (Lipinski definition) is 1. The third-order valence-electron chi connectivity index (χ3n) is 2.39. The van der Waals surface area contributed by atoms with Crippen LogP contribution in [0.25, 0.3) is 0 Å². The summed E-state index contributed by atoms with van der Waals surface area (Å²) in [6, 6.07) is 6.62. The van der Waals surface area contributed by atoms with E-state index in [9.17, 15) is 9.59 Å².